The van der Waals surface area contributed by atoms with Crippen molar-refractivity contribution in [2.24, 2.45) is 0 Å². The summed E-state index contributed by atoms with van der Waals surface area (Å²) in [5.74, 6) is -1.58. The Kier molecular flexibility index (Phi) is 5.63. The Bertz CT molecular complexity index is 963. The minimum Gasteiger partial charge on any atom is -0.507 e. The van der Waals surface area contributed by atoms with E-state index in [1.807, 2.05) is 0 Å². The molecule has 2 heterocycles. The summed E-state index contributed by atoms with van der Waals surface area (Å²) in [6.45, 7) is 0.931. The van der Waals surface area contributed by atoms with Crippen LogP contribution in [0.2, 0.25) is 10.0 Å². The highest BCUT2D eigenvalue weighted by Crippen LogP contribution is 2.40. The van der Waals surface area contributed by atoms with Gasteiger partial charge in [0.1, 0.15) is 5.76 Å². The van der Waals surface area contributed by atoms with Gasteiger partial charge in [0.05, 0.1) is 17.7 Å². The molecule has 7 heteroatoms. The molecule has 2 aromatic rings. The van der Waals surface area contributed by atoms with Crippen LogP contribution in [0.15, 0.2) is 54.1 Å². The van der Waals surface area contributed by atoms with Gasteiger partial charge in [-0.1, -0.05) is 35.3 Å². The Morgan fingerprint density at radius 3 is 2.24 bits per heavy atom. The van der Waals surface area contributed by atoms with Gasteiger partial charge in [-0.2, -0.15) is 0 Å². The van der Waals surface area contributed by atoms with Crippen molar-refractivity contribution in [2.45, 2.75) is 25.0 Å². The number of ketones is 1. The summed E-state index contributed by atoms with van der Waals surface area (Å²) in [7, 11) is 0. The quantitative estimate of drug-likeness (QED) is 0.436. The number of benzene rings is 2. The number of hydrogen-bond acceptors (Lipinski definition) is 4. The molecule has 0 radical (unpaired) electrons. The molecule has 4 rings (SSSR count). The maximum atomic E-state index is 12.9. The van der Waals surface area contributed by atoms with Crippen LogP contribution in [0.4, 0.5) is 0 Å². The zero-order chi connectivity index (χ0) is 20.5. The first-order chi connectivity index (χ1) is 14.0. The summed E-state index contributed by atoms with van der Waals surface area (Å²) >= 11 is 11.9. The summed E-state index contributed by atoms with van der Waals surface area (Å²) in [4.78, 5) is 27.3. The van der Waals surface area contributed by atoms with Crippen LogP contribution in [0.25, 0.3) is 5.76 Å². The molecule has 2 saturated heterocycles. The zero-order valence-electron chi connectivity index (χ0n) is 15.5. The van der Waals surface area contributed by atoms with Gasteiger partial charge < -0.3 is 14.7 Å². The Morgan fingerprint density at radius 1 is 1.03 bits per heavy atom. The lowest BCUT2D eigenvalue weighted by Gasteiger charge is -2.27. The summed E-state index contributed by atoms with van der Waals surface area (Å²) in [6, 6.07) is 12.7. The van der Waals surface area contributed by atoms with E-state index in [-0.39, 0.29) is 24.0 Å². The number of halogens is 2. The van der Waals surface area contributed by atoms with Gasteiger partial charge >= 0.3 is 0 Å². The number of carbonyl (C=O) groups excluding carboxylic acids is 2. The third kappa shape index (κ3) is 3.90. The highest BCUT2D eigenvalue weighted by atomic mass is 35.5. The number of ether oxygens (including phenoxy) is 1. The first-order valence-electron chi connectivity index (χ1n) is 9.37. The van der Waals surface area contributed by atoms with Gasteiger partial charge in [0.25, 0.3) is 11.7 Å². The number of aliphatic hydroxyl groups excluding tert-OH is 1. The molecule has 2 aliphatic heterocycles. The second kappa shape index (κ2) is 8.19. The lowest BCUT2D eigenvalue weighted by atomic mass is 9.95. The average molecular weight is 432 g/mol. The zero-order valence-corrected chi connectivity index (χ0v) is 17.0. The molecule has 0 aliphatic carbocycles. The molecule has 150 valence electrons. The van der Waals surface area contributed by atoms with E-state index in [0.717, 1.165) is 12.8 Å². The highest BCUT2D eigenvalue weighted by molar-refractivity contribution is 6.46. The van der Waals surface area contributed by atoms with Gasteiger partial charge in [0, 0.05) is 28.8 Å². The topological polar surface area (TPSA) is 66.8 Å². The predicted molar refractivity (Wildman–Crippen MR) is 111 cm³/mol. The fraction of sp³-hybridized carbons (Fsp3) is 0.273. The third-order valence-corrected chi connectivity index (χ3v) is 5.77. The van der Waals surface area contributed by atoms with Crippen molar-refractivity contribution in [3.05, 3.63) is 75.3 Å². The van der Waals surface area contributed by atoms with Crippen molar-refractivity contribution >= 4 is 40.7 Å². The van der Waals surface area contributed by atoms with Gasteiger partial charge in [-0.05, 0) is 54.8 Å². The molecule has 2 aromatic carbocycles. The molecule has 2 fully saturated rings. The monoisotopic (exact) mass is 431 g/mol. The fourth-order valence-corrected chi connectivity index (χ4v) is 4.08. The van der Waals surface area contributed by atoms with Crippen molar-refractivity contribution < 1.29 is 19.4 Å². The van der Waals surface area contributed by atoms with Crippen LogP contribution in [0.1, 0.15) is 30.0 Å². The van der Waals surface area contributed by atoms with E-state index in [9.17, 15) is 14.7 Å². The van der Waals surface area contributed by atoms with Crippen LogP contribution >= 0.6 is 23.2 Å². The van der Waals surface area contributed by atoms with Crippen molar-refractivity contribution in [2.75, 3.05) is 13.2 Å². The SMILES string of the molecule is O=C1C(=O)N(CC2CCCO2)C(c2ccc(Cl)cc2)/C1=C(/O)c1ccc(Cl)cc1. The maximum absolute atomic E-state index is 12.9. The molecular formula is C22H19Cl2NO4. The maximum Gasteiger partial charge on any atom is 0.295 e. The number of likely N-dealkylation sites (tertiary alicyclic amines) is 1. The Balaban J connectivity index is 1.81. The minimum absolute atomic E-state index is 0.0534. The predicted octanol–water partition coefficient (Wildman–Crippen LogP) is 4.59. The molecule has 2 atom stereocenters. The van der Waals surface area contributed by atoms with E-state index in [1.165, 1.54) is 4.90 Å². The molecule has 29 heavy (non-hydrogen) atoms. The highest BCUT2D eigenvalue weighted by Gasteiger charge is 2.47. The van der Waals surface area contributed by atoms with E-state index >= 15 is 0 Å². The van der Waals surface area contributed by atoms with Gasteiger partial charge in [0.15, 0.2) is 0 Å². The number of amides is 1. The summed E-state index contributed by atoms with van der Waals surface area (Å²) in [5.41, 5.74) is 1.17. The molecule has 0 aromatic heterocycles. The van der Waals surface area contributed by atoms with E-state index in [1.54, 1.807) is 48.5 Å². The summed E-state index contributed by atoms with van der Waals surface area (Å²) in [6.07, 6.45) is 1.62. The smallest absolute Gasteiger partial charge is 0.295 e. The Morgan fingerprint density at radius 2 is 1.66 bits per heavy atom. The van der Waals surface area contributed by atoms with E-state index in [4.69, 9.17) is 27.9 Å². The van der Waals surface area contributed by atoms with Crippen LogP contribution < -0.4 is 0 Å². The van der Waals surface area contributed by atoms with E-state index < -0.39 is 17.7 Å². The Labute approximate surface area is 178 Å². The number of hydrogen-bond donors (Lipinski definition) is 1. The van der Waals surface area contributed by atoms with E-state index in [0.29, 0.717) is 27.8 Å². The number of aliphatic hydroxyl groups is 1. The number of carbonyl (C=O) groups is 2. The van der Waals surface area contributed by atoms with Crippen molar-refractivity contribution in [3.63, 3.8) is 0 Å². The molecule has 1 amide bonds. The lowest BCUT2D eigenvalue weighted by molar-refractivity contribution is -0.140. The van der Waals surface area contributed by atoms with Crippen molar-refractivity contribution in [1.82, 2.24) is 4.90 Å². The molecule has 0 bridgehead atoms. The standard InChI is InChI=1S/C22H19Cl2NO4/c23-15-7-3-13(4-8-15)19-18(20(26)14-5-9-16(24)10-6-14)21(27)22(28)25(19)12-17-2-1-11-29-17/h3-10,17,19,26H,1-2,11-12H2/b20-18-. The van der Waals surface area contributed by atoms with Crippen molar-refractivity contribution in [3.8, 4) is 0 Å². The van der Waals surface area contributed by atoms with Crippen LogP contribution in [0.5, 0.6) is 0 Å². The summed E-state index contributed by atoms with van der Waals surface area (Å²) < 4.78 is 5.68. The molecule has 5 nitrogen and oxygen atoms in total. The van der Waals surface area contributed by atoms with Crippen LogP contribution in [0.3, 0.4) is 0 Å². The van der Waals surface area contributed by atoms with Gasteiger partial charge in [-0.15, -0.1) is 0 Å². The summed E-state index contributed by atoms with van der Waals surface area (Å²) in [5, 5.41) is 12.0. The minimum atomic E-state index is -0.716. The second-order valence-electron chi connectivity index (χ2n) is 7.14. The average Bonchev–Trinajstić information content (AvgIpc) is 3.31. The van der Waals surface area contributed by atoms with Crippen LogP contribution in [0, 0.1) is 0 Å². The molecule has 1 N–H and O–H groups in total. The number of nitrogens with zero attached hydrogens (tertiary/aromatic N) is 1. The van der Waals surface area contributed by atoms with Crippen molar-refractivity contribution in [1.29, 1.82) is 0 Å². The number of Topliss-reactive ketones (excluding diaryl/α,β-unsaturated/α-hetero) is 1. The van der Waals surface area contributed by atoms with Crippen LogP contribution in [-0.2, 0) is 14.3 Å². The molecule has 2 aliphatic rings. The van der Waals surface area contributed by atoms with Gasteiger partial charge in [-0.25, -0.2) is 0 Å². The first-order valence-corrected chi connectivity index (χ1v) is 10.1. The normalized spacial score (nSPS) is 23.7. The second-order valence-corrected chi connectivity index (χ2v) is 8.02. The molecule has 0 spiro atoms. The van der Waals surface area contributed by atoms with Gasteiger partial charge in [-0.3, -0.25) is 9.59 Å². The molecule has 2 unspecified atom stereocenters. The van der Waals surface area contributed by atoms with Gasteiger partial charge in [0.2, 0.25) is 0 Å². The lowest BCUT2D eigenvalue weighted by Crippen LogP contribution is -2.36. The Hall–Kier alpha value is -2.34. The van der Waals surface area contributed by atoms with Crippen LogP contribution in [-0.4, -0.2) is 41.0 Å². The largest absolute Gasteiger partial charge is 0.507 e. The third-order valence-electron chi connectivity index (χ3n) is 5.27. The van der Waals surface area contributed by atoms with E-state index in [2.05, 4.69) is 0 Å². The number of rotatable bonds is 4. The molecule has 0 saturated carbocycles. The first kappa shape index (κ1) is 20.0. The fourth-order valence-electron chi connectivity index (χ4n) is 3.83. The molecular weight excluding hydrogens is 413 g/mol.